The van der Waals surface area contributed by atoms with Crippen LogP contribution in [-0.4, -0.2) is 48.6 Å². The number of rotatable bonds is 4. The predicted molar refractivity (Wildman–Crippen MR) is 105 cm³/mol. The van der Waals surface area contributed by atoms with E-state index >= 15 is 0 Å². The van der Waals surface area contributed by atoms with Crippen LogP contribution in [0.3, 0.4) is 0 Å². The molecule has 0 radical (unpaired) electrons. The number of pyridine rings is 1. The average molecular weight is 384 g/mol. The summed E-state index contributed by atoms with van der Waals surface area (Å²) in [5.41, 5.74) is -0.0532. The molecule has 1 atom stereocenters. The third kappa shape index (κ3) is 3.85. The van der Waals surface area contributed by atoms with Gasteiger partial charge < -0.3 is 9.80 Å². The molecule has 0 N–H and O–H groups in total. The van der Waals surface area contributed by atoms with Gasteiger partial charge in [0.2, 0.25) is 5.91 Å². The Morgan fingerprint density at radius 2 is 1.86 bits per heavy atom. The third-order valence-corrected chi connectivity index (χ3v) is 7.03. The van der Waals surface area contributed by atoms with Crippen LogP contribution in [0.1, 0.15) is 50.5 Å². The summed E-state index contributed by atoms with van der Waals surface area (Å²) < 4.78 is 13.2. The fraction of sp³-hybridized carbons (Fsp3) is 0.682. The molecule has 3 aliphatic rings. The lowest BCUT2D eigenvalue weighted by Gasteiger charge is -2.37. The summed E-state index contributed by atoms with van der Waals surface area (Å²) in [6.07, 6.45) is 8.72. The number of nitrogens with zero attached hydrogens (tertiary/aromatic N) is 4. The molecule has 1 amide bonds. The van der Waals surface area contributed by atoms with Crippen molar-refractivity contribution in [2.75, 3.05) is 37.8 Å². The number of carbonyl (C=O) groups excluding carboxylic acids is 1. The standard InChI is InChI=1S/C22H29FN4O/c23-16-22(8-9-22)21(28)27-12-6-19(7-13-27)18-2-1-10-26(11-5-18)20-4-3-17(14-24)15-25-20/h3-4,15,18-19H,1-2,5-13,16H2. The fourth-order valence-corrected chi connectivity index (χ4v) is 4.93. The molecule has 28 heavy (non-hydrogen) atoms. The molecule has 2 aliphatic heterocycles. The number of hydrogen-bond donors (Lipinski definition) is 0. The van der Waals surface area contributed by atoms with Crippen LogP contribution < -0.4 is 4.90 Å². The number of nitriles is 1. The van der Waals surface area contributed by atoms with Gasteiger partial charge in [0.05, 0.1) is 11.0 Å². The second-order valence-electron chi connectivity index (χ2n) is 8.74. The molecule has 1 aromatic rings. The lowest BCUT2D eigenvalue weighted by Crippen LogP contribution is -2.44. The molecule has 3 fully saturated rings. The Balaban J connectivity index is 1.29. The van der Waals surface area contributed by atoms with Crippen molar-refractivity contribution in [3.05, 3.63) is 23.9 Å². The van der Waals surface area contributed by atoms with Crippen molar-refractivity contribution in [3.63, 3.8) is 0 Å². The Bertz CT molecular complexity index is 732. The number of halogens is 1. The van der Waals surface area contributed by atoms with Crippen LogP contribution in [0, 0.1) is 28.6 Å². The Kier molecular flexibility index (Phi) is 5.52. The van der Waals surface area contributed by atoms with Gasteiger partial charge >= 0.3 is 0 Å². The highest BCUT2D eigenvalue weighted by Gasteiger charge is 2.52. The van der Waals surface area contributed by atoms with Crippen molar-refractivity contribution in [3.8, 4) is 6.07 Å². The number of amides is 1. The minimum absolute atomic E-state index is 0.0624. The molecule has 2 saturated heterocycles. The van der Waals surface area contributed by atoms with Crippen LogP contribution in [0.15, 0.2) is 18.3 Å². The molecule has 1 aromatic heterocycles. The molecule has 4 rings (SSSR count). The number of hydrogen-bond acceptors (Lipinski definition) is 4. The number of likely N-dealkylation sites (tertiary alicyclic amines) is 1. The highest BCUT2D eigenvalue weighted by Crippen LogP contribution is 2.48. The summed E-state index contributed by atoms with van der Waals surface area (Å²) in [4.78, 5) is 21.3. The van der Waals surface area contributed by atoms with Crippen molar-refractivity contribution in [1.29, 1.82) is 5.26 Å². The molecule has 1 unspecified atom stereocenters. The van der Waals surface area contributed by atoms with Crippen molar-refractivity contribution >= 4 is 11.7 Å². The smallest absolute Gasteiger partial charge is 0.231 e. The first-order valence-electron chi connectivity index (χ1n) is 10.6. The first kappa shape index (κ1) is 19.2. The number of aromatic nitrogens is 1. The van der Waals surface area contributed by atoms with E-state index in [0.29, 0.717) is 17.4 Å². The first-order chi connectivity index (χ1) is 13.6. The van der Waals surface area contributed by atoms with E-state index in [1.54, 1.807) is 6.20 Å². The van der Waals surface area contributed by atoms with Gasteiger partial charge in [-0.05, 0) is 68.9 Å². The van der Waals surface area contributed by atoms with Crippen molar-refractivity contribution < 1.29 is 9.18 Å². The quantitative estimate of drug-likeness (QED) is 0.797. The van der Waals surface area contributed by atoms with Gasteiger partial charge in [-0.2, -0.15) is 5.26 Å². The normalized spacial score (nSPS) is 25.1. The minimum atomic E-state index is -0.649. The van der Waals surface area contributed by atoms with E-state index in [0.717, 1.165) is 70.5 Å². The van der Waals surface area contributed by atoms with Gasteiger partial charge in [0.15, 0.2) is 0 Å². The molecule has 0 aromatic carbocycles. The molecule has 6 heteroatoms. The summed E-state index contributed by atoms with van der Waals surface area (Å²) in [6, 6.07) is 5.90. The molecule has 0 bridgehead atoms. The predicted octanol–water partition coefficient (Wildman–Crippen LogP) is 3.55. The van der Waals surface area contributed by atoms with Gasteiger partial charge in [0.25, 0.3) is 0 Å². The topological polar surface area (TPSA) is 60.2 Å². The zero-order valence-electron chi connectivity index (χ0n) is 16.4. The third-order valence-electron chi connectivity index (χ3n) is 7.03. The summed E-state index contributed by atoms with van der Waals surface area (Å²) in [7, 11) is 0. The number of anilines is 1. The van der Waals surface area contributed by atoms with Crippen LogP contribution in [0.5, 0.6) is 0 Å². The SMILES string of the molecule is N#Cc1ccc(N2CCCC(C3CCN(C(=O)C4(CF)CC4)CC3)CC2)nc1. The zero-order valence-corrected chi connectivity index (χ0v) is 16.4. The van der Waals surface area contributed by atoms with E-state index < -0.39 is 12.1 Å². The maximum absolute atomic E-state index is 13.2. The molecule has 1 saturated carbocycles. The van der Waals surface area contributed by atoms with Crippen LogP contribution in [0.4, 0.5) is 10.2 Å². The molecular weight excluding hydrogens is 355 g/mol. The lowest BCUT2D eigenvalue weighted by atomic mass is 9.80. The van der Waals surface area contributed by atoms with E-state index in [1.807, 2.05) is 17.0 Å². The molecule has 1 aliphatic carbocycles. The highest BCUT2D eigenvalue weighted by molar-refractivity contribution is 5.85. The first-order valence-corrected chi connectivity index (χ1v) is 10.6. The van der Waals surface area contributed by atoms with Crippen molar-refractivity contribution in [2.24, 2.45) is 17.3 Å². The van der Waals surface area contributed by atoms with Gasteiger partial charge in [-0.15, -0.1) is 0 Å². The summed E-state index contributed by atoms with van der Waals surface area (Å²) in [6.45, 7) is 3.10. The van der Waals surface area contributed by atoms with Crippen LogP contribution >= 0.6 is 0 Å². The Morgan fingerprint density at radius 3 is 2.46 bits per heavy atom. The number of piperidine rings is 1. The fourth-order valence-electron chi connectivity index (χ4n) is 4.93. The van der Waals surface area contributed by atoms with E-state index in [1.165, 1.54) is 6.42 Å². The molecule has 5 nitrogen and oxygen atoms in total. The van der Waals surface area contributed by atoms with Gasteiger partial charge in [-0.25, -0.2) is 9.37 Å². The largest absolute Gasteiger partial charge is 0.357 e. The Hall–Kier alpha value is -2.16. The monoisotopic (exact) mass is 384 g/mol. The molecule has 0 spiro atoms. The average Bonchev–Trinajstić information content (AvgIpc) is 3.58. The van der Waals surface area contributed by atoms with E-state index in [2.05, 4.69) is 16.0 Å². The Morgan fingerprint density at radius 1 is 1.14 bits per heavy atom. The van der Waals surface area contributed by atoms with Crippen LogP contribution in [0.2, 0.25) is 0 Å². The van der Waals surface area contributed by atoms with E-state index in [9.17, 15) is 9.18 Å². The van der Waals surface area contributed by atoms with Crippen molar-refractivity contribution in [2.45, 2.75) is 44.9 Å². The molecular formula is C22H29FN4O. The summed E-state index contributed by atoms with van der Waals surface area (Å²) in [5.74, 6) is 2.38. The zero-order chi connectivity index (χ0) is 19.6. The highest BCUT2D eigenvalue weighted by atomic mass is 19.1. The number of alkyl halides is 1. The van der Waals surface area contributed by atoms with Crippen molar-refractivity contribution in [1.82, 2.24) is 9.88 Å². The van der Waals surface area contributed by atoms with Gasteiger partial charge in [0.1, 0.15) is 18.6 Å². The van der Waals surface area contributed by atoms with Gasteiger partial charge in [0, 0.05) is 32.4 Å². The minimum Gasteiger partial charge on any atom is -0.357 e. The second kappa shape index (κ2) is 8.06. The maximum Gasteiger partial charge on any atom is 0.231 e. The summed E-state index contributed by atoms with van der Waals surface area (Å²) >= 11 is 0. The van der Waals surface area contributed by atoms with Gasteiger partial charge in [-0.3, -0.25) is 4.79 Å². The van der Waals surface area contributed by atoms with Gasteiger partial charge in [-0.1, -0.05) is 0 Å². The lowest BCUT2D eigenvalue weighted by molar-refractivity contribution is -0.139. The van der Waals surface area contributed by atoms with E-state index in [4.69, 9.17) is 5.26 Å². The van der Waals surface area contributed by atoms with Crippen LogP contribution in [-0.2, 0) is 4.79 Å². The molecule has 150 valence electrons. The molecule has 3 heterocycles. The Labute approximate surface area is 166 Å². The van der Waals surface area contributed by atoms with E-state index in [-0.39, 0.29) is 5.91 Å². The summed E-state index contributed by atoms with van der Waals surface area (Å²) in [5, 5.41) is 8.93. The maximum atomic E-state index is 13.2. The van der Waals surface area contributed by atoms with Crippen LogP contribution in [0.25, 0.3) is 0 Å². The second-order valence-corrected chi connectivity index (χ2v) is 8.74. The number of carbonyl (C=O) groups is 1.